The fourth-order valence-electron chi connectivity index (χ4n) is 2.10. The highest BCUT2D eigenvalue weighted by molar-refractivity contribution is 5.23. The molecular formula is C14H19N3O. The molecule has 2 aromatic rings. The van der Waals surface area contributed by atoms with Crippen LogP contribution in [0.3, 0.4) is 0 Å². The molecule has 0 aliphatic carbocycles. The van der Waals surface area contributed by atoms with Gasteiger partial charge in [-0.25, -0.2) is 9.67 Å². The third-order valence-corrected chi connectivity index (χ3v) is 3.17. The number of aromatic nitrogens is 3. The smallest absolute Gasteiger partial charge is 0.147 e. The Hall–Kier alpha value is -1.68. The summed E-state index contributed by atoms with van der Waals surface area (Å²) in [6.45, 7) is 7.74. The first-order chi connectivity index (χ1) is 8.49. The molecule has 4 nitrogen and oxygen atoms in total. The lowest BCUT2D eigenvalue weighted by Crippen LogP contribution is -2.17. The highest BCUT2D eigenvalue weighted by Crippen LogP contribution is 2.26. The van der Waals surface area contributed by atoms with E-state index in [9.17, 15) is 5.11 Å². The maximum absolute atomic E-state index is 10.4. The Kier molecular flexibility index (Phi) is 3.48. The third-order valence-electron chi connectivity index (χ3n) is 3.17. The van der Waals surface area contributed by atoms with Crippen LogP contribution in [0.25, 0.3) is 0 Å². The number of aliphatic hydroxyl groups is 1. The summed E-state index contributed by atoms with van der Waals surface area (Å²) in [7, 11) is 0. The second kappa shape index (κ2) is 4.90. The van der Waals surface area contributed by atoms with Crippen LogP contribution in [0.5, 0.6) is 0 Å². The molecule has 0 fully saturated rings. The van der Waals surface area contributed by atoms with Gasteiger partial charge in [0.05, 0.1) is 6.04 Å². The van der Waals surface area contributed by atoms with E-state index in [4.69, 9.17) is 0 Å². The first kappa shape index (κ1) is 12.8. The monoisotopic (exact) mass is 245 g/mol. The molecule has 2 rings (SSSR count). The van der Waals surface area contributed by atoms with Crippen LogP contribution in [-0.2, 0) is 0 Å². The molecule has 0 spiro atoms. The van der Waals surface area contributed by atoms with Gasteiger partial charge >= 0.3 is 0 Å². The summed E-state index contributed by atoms with van der Waals surface area (Å²) in [6.07, 6.45) is -0.578. The van der Waals surface area contributed by atoms with Crippen molar-refractivity contribution in [2.75, 3.05) is 0 Å². The van der Waals surface area contributed by atoms with Gasteiger partial charge in [-0.15, -0.1) is 0 Å². The van der Waals surface area contributed by atoms with Crippen molar-refractivity contribution in [3.8, 4) is 0 Å². The summed E-state index contributed by atoms with van der Waals surface area (Å²) in [4.78, 5) is 4.26. The van der Waals surface area contributed by atoms with Gasteiger partial charge in [-0.1, -0.05) is 29.8 Å². The Morgan fingerprint density at radius 2 is 1.72 bits per heavy atom. The van der Waals surface area contributed by atoms with Crippen LogP contribution in [-0.4, -0.2) is 19.9 Å². The van der Waals surface area contributed by atoms with Crippen molar-refractivity contribution in [1.82, 2.24) is 14.8 Å². The number of benzene rings is 1. The number of aliphatic hydroxyl groups excluding tert-OH is 1. The molecule has 0 aliphatic heterocycles. The molecule has 0 bridgehead atoms. The standard InChI is InChI=1S/C14H19N3O/c1-9-5-7-13(8-6-9)14(18)10(2)17-12(4)15-11(3)16-17/h5-8,10,14,18H,1-4H3. The molecule has 2 atom stereocenters. The molecule has 0 saturated heterocycles. The van der Waals surface area contributed by atoms with Gasteiger partial charge in [-0.3, -0.25) is 0 Å². The molecule has 18 heavy (non-hydrogen) atoms. The maximum atomic E-state index is 10.4. The predicted molar refractivity (Wildman–Crippen MR) is 70.3 cm³/mol. The lowest BCUT2D eigenvalue weighted by atomic mass is 10.0. The van der Waals surface area contributed by atoms with Crippen molar-refractivity contribution >= 4 is 0 Å². The minimum atomic E-state index is -0.578. The van der Waals surface area contributed by atoms with E-state index in [-0.39, 0.29) is 6.04 Å². The van der Waals surface area contributed by atoms with E-state index in [1.165, 1.54) is 5.56 Å². The van der Waals surface area contributed by atoms with E-state index < -0.39 is 6.10 Å². The molecule has 1 N–H and O–H groups in total. The zero-order valence-electron chi connectivity index (χ0n) is 11.3. The highest BCUT2D eigenvalue weighted by Gasteiger charge is 2.20. The predicted octanol–water partition coefficient (Wildman–Crippen LogP) is 2.50. The van der Waals surface area contributed by atoms with Gasteiger partial charge in [-0.2, -0.15) is 5.10 Å². The van der Waals surface area contributed by atoms with Crippen LogP contribution < -0.4 is 0 Å². The molecule has 2 unspecified atom stereocenters. The van der Waals surface area contributed by atoms with Crippen molar-refractivity contribution in [2.45, 2.75) is 39.8 Å². The van der Waals surface area contributed by atoms with Gasteiger partial charge in [0.15, 0.2) is 0 Å². The summed E-state index contributed by atoms with van der Waals surface area (Å²) in [5, 5.41) is 14.7. The van der Waals surface area contributed by atoms with Gasteiger partial charge in [0, 0.05) is 0 Å². The minimum Gasteiger partial charge on any atom is -0.386 e. The first-order valence-corrected chi connectivity index (χ1v) is 6.13. The number of hydrogen-bond acceptors (Lipinski definition) is 3. The molecule has 1 aromatic heterocycles. The molecule has 0 amide bonds. The van der Waals surface area contributed by atoms with E-state index in [2.05, 4.69) is 10.1 Å². The SMILES string of the molecule is Cc1ccc(C(O)C(C)n2nc(C)nc2C)cc1. The van der Waals surface area contributed by atoms with Crippen LogP contribution in [0, 0.1) is 20.8 Å². The van der Waals surface area contributed by atoms with E-state index in [1.54, 1.807) is 4.68 Å². The summed E-state index contributed by atoms with van der Waals surface area (Å²) < 4.78 is 1.78. The van der Waals surface area contributed by atoms with E-state index in [0.29, 0.717) is 0 Å². The van der Waals surface area contributed by atoms with E-state index in [1.807, 2.05) is 52.0 Å². The maximum Gasteiger partial charge on any atom is 0.147 e. The van der Waals surface area contributed by atoms with Gasteiger partial charge in [0.25, 0.3) is 0 Å². The molecule has 1 aromatic carbocycles. The van der Waals surface area contributed by atoms with Crippen molar-refractivity contribution in [3.63, 3.8) is 0 Å². The van der Waals surface area contributed by atoms with Gasteiger partial charge < -0.3 is 5.11 Å². The van der Waals surface area contributed by atoms with Crippen LogP contribution in [0.4, 0.5) is 0 Å². The van der Waals surface area contributed by atoms with Crippen LogP contribution in [0.2, 0.25) is 0 Å². The average molecular weight is 245 g/mol. The molecule has 96 valence electrons. The Morgan fingerprint density at radius 1 is 1.11 bits per heavy atom. The first-order valence-electron chi connectivity index (χ1n) is 6.13. The Labute approximate surface area is 107 Å². The summed E-state index contributed by atoms with van der Waals surface area (Å²) in [5.74, 6) is 1.56. The second-order valence-corrected chi connectivity index (χ2v) is 4.75. The fourth-order valence-corrected chi connectivity index (χ4v) is 2.10. The number of aryl methyl sites for hydroxylation is 3. The van der Waals surface area contributed by atoms with Gasteiger partial charge in [-0.05, 0) is 33.3 Å². The van der Waals surface area contributed by atoms with Gasteiger partial charge in [0.1, 0.15) is 17.8 Å². The van der Waals surface area contributed by atoms with Crippen LogP contribution in [0.15, 0.2) is 24.3 Å². The summed E-state index contributed by atoms with van der Waals surface area (Å²) in [5.41, 5.74) is 2.09. The van der Waals surface area contributed by atoms with Crippen molar-refractivity contribution in [2.24, 2.45) is 0 Å². The van der Waals surface area contributed by atoms with Crippen molar-refractivity contribution in [3.05, 3.63) is 47.0 Å². The number of hydrogen-bond donors (Lipinski definition) is 1. The molecular weight excluding hydrogens is 226 g/mol. The Balaban J connectivity index is 2.25. The van der Waals surface area contributed by atoms with Crippen molar-refractivity contribution < 1.29 is 5.11 Å². The summed E-state index contributed by atoms with van der Waals surface area (Å²) >= 11 is 0. The molecule has 0 aliphatic rings. The fraction of sp³-hybridized carbons (Fsp3) is 0.429. The topological polar surface area (TPSA) is 50.9 Å². The van der Waals surface area contributed by atoms with Gasteiger partial charge in [0.2, 0.25) is 0 Å². The quantitative estimate of drug-likeness (QED) is 0.904. The minimum absolute atomic E-state index is 0.131. The zero-order chi connectivity index (χ0) is 13.3. The lowest BCUT2D eigenvalue weighted by Gasteiger charge is -2.20. The van der Waals surface area contributed by atoms with Crippen molar-refractivity contribution in [1.29, 1.82) is 0 Å². The molecule has 1 heterocycles. The zero-order valence-corrected chi connectivity index (χ0v) is 11.3. The lowest BCUT2D eigenvalue weighted by molar-refractivity contribution is 0.114. The number of rotatable bonds is 3. The largest absolute Gasteiger partial charge is 0.386 e. The second-order valence-electron chi connectivity index (χ2n) is 4.75. The normalized spacial score (nSPS) is 14.5. The number of nitrogens with zero attached hydrogens (tertiary/aromatic N) is 3. The Bertz CT molecular complexity index is 530. The van der Waals surface area contributed by atoms with E-state index in [0.717, 1.165) is 17.2 Å². The average Bonchev–Trinajstić information content (AvgIpc) is 2.67. The van der Waals surface area contributed by atoms with E-state index >= 15 is 0 Å². The highest BCUT2D eigenvalue weighted by atomic mass is 16.3. The Morgan fingerprint density at radius 3 is 2.22 bits per heavy atom. The summed E-state index contributed by atoms with van der Waals surface area (Å²) in [6, 6.07) is 7.79. The molecule has 0 radical (unpaired) electrons. The molecule has 4 heteroatoms. The third kappa shape index (κ3) is 2.43. The van der Waals surface area contributed by atoms with Crippen LogP contribution in [0.1, 0.15) is 41.8 Å². The van der Waals surface area contributed by atoms with Crippen LogP contribution >= 0.6 is 0 Å². The molecule has 0 saturated carbocycles.